The van der Waals surface area contributed by atoms with E-state index in [1.807, 2.05) is 0 Å². The van der Waals surface area contributed by atoms with Crippen LogP contribution in [-0.4, -0.2) is 38.5 Å². The lowest BCUT2D eigenvalue weighted by Gasteiger charge is -2.24. The number of hydrogen-bond acceptors (Lipinski definition) is 5. The highest BCUT2D eigenvalue weighted by atomic mass is 32.2. The number of furan rings is 1. The molecule has 4 rings (SSSR count). The van der Waals surface area contributed by atoms with E-state index in [4.69, 9.17) is 9.15 Å². The number of nitrogens with zero attached hydrogens (tertiary/aromatic N) is 1. The van der Waals surface area contributed by atoms with Gasteiger partial charge in [-0.05, 0) is 66.4 Å². The van der Waals surface area contributed by atoms with Gasteiger partial charge in [0.1, 0.15) is 11.6 Å². The predicted molar refractivity (Wildman–Crippen MR) is 129 cm³/mol. The number of hydrogen-bond donors (Lipinski definition) is 1. The summed E-state index contributed by atoms with van der Waals surface area (Å²) in [4.78, 5) is 14.7. The molecule has 1 saturated heterocycles. The van der Waals surface area contributed by atoms with Gasteiger partial charge >= 0.3 is 0 Å². The summed E-state index contributed by atoms with van der Waals surface area (Å²) in [6.07, 6.45) is 6.33. The van der Waals surface area contributed by atoms with E-state index in [0.29, 0.717) is 30.0 Å². The van der Waals surface area contributed by atoms with Crippen molar-refractivity contribution in [2.75, 3.05) is 13.2 Å². The highest BCUT2D eigenvalue weighted by molar-refractivity contribution is 7.89. The van der Waals surface area contributed by atoms with Crippen LogP contribution in [-0.2, 0) is 32.6 Å². The van der Waals surface area contributed by atoms with E-state index in [1.165, 1.54) is 36.6 Å². The second-order valence-electron chi connectivity index (χ2n) is 8.29. The lowest BCUT2D eigenvalue weighted by molar-refractivity contribution is -0.128. The molecule has 2 aromatic carbocycles. The number of benzene rings is 2. The fourth-order valence-corrected chi connectivity index (χ4v) is 4.81. The monoisotopic (exact) mass is 498 g/mol. The third-order valence-corrected chi connectivity index (χ3v) is 7.06. The summed E-state index contributed by atoms with van der Waals surface area (Å²) < 4.78 is 51.9. The zero-order valence-corrected chi connectivity index (χ0v) is 19.9. The molecule has 184 valence electrons. The molecular formula is C26H27FN2O5S. The SMILES string of the molecule is O=C(/C=C/c1ccc(S(=O)(=O)NCc2ccco2)cc1)N(Cc1cccc(F)c1)CC1CCCO1. The molecule has 1 fully saturated rings. The highest BCUT2D eigenvalue weighted by Crippen LogP contribution is 2.17. The number of carbonyl (C=O) groups is 1. The Hall–Kier alpha value is -3.27. The molecule has 1 aliphatic heterocycles. The number of sulfonamides is 1. The van der Waals surface area contributed by atoms with Crippen LogP contribution in [0.5, 0.6) is 0 Å². The molecule has 1 aliphatic rings. The van der Waals surface area contributed by atoms with Gasteiger partial charge in [-0.3, -0.25) is 4.79 Å². The van der Waals surface area contributed by atoms with Gasteiger partial charge in [0.2, 0.25) is 15.9 Å². The molecule has 7 nitrogen and oxygen atoms in total. The summed E-state index contributed by atoms with van der Waals surface area (Å²) in [5.74, 6) is -0.0738. The third kappa shape index (κ3) is 7.11. The second kappa shape index (κ2) is 11.4. The number of halogens is 1. The van der Waals surface area contributed by atoms with Gasteiger partial charge in [0, 0.05) is 25.8 Å². The smallest absolute Gasteiger partial charge is 0.246 e. The first-order valence-corrected chi connectivity index (χ1v) is 12.8. The summed E-state index contributed by atoms with van der Waals surface area (Å²) in [6, 6.07) is 15.8. The molecule has 1 amide bonds. The Labute approximate surface area is 204 Å². The summed E-state index contributed by atoms with van der Waals surface area (Å²) in [6.45, 7) is 1.41. The number of carbonyl (C=O) groups excluding carboxylic acids is 1. The molecular weight excluding hydrogens is 471 g/mol. The second-order valence-corrected chi connectivity index (χ2v) is 10.1. The van der Waals surface area contributed by atoms with Crippen LogP contribution in [0.15, 0.2) is 82.3 Å². The van der Waals surface area contributed by atoms with Crippen LogP contribution in [0.25, 0.3) is 6.08 Å². The minimum Gasteiger partial charge on any atom is -0.468 e. The van der Waals surface area contributed by atoms with Crippen molar-refractivity contribution < 1.29 is 26.8 Å². The fraction of sp³-hybridized carbons (Fsp3) is 0.269. The van der Waals surface area contributed by atoms with Crippen molar-refractivity contribution in [2.45, 2.75) is 36.9 Å². The fourth-order valence-electron chi connectivity index (χ4n) is 3.82. The maximum absolute atomic E-state index is 13.6. The van der Waals surface area contributed by atoms with Crippen molar-refractivity contribution in [3.05, 3.63) is 95.7 Å². The summed E-state index contributed by atoms with van der Waals surface area (Å²) >= 11 is 0. The predicted octanol–water partition coefficient (Wildman–Crippen LogP) is 4.12. The van der Waals surface area contributed by atoms with Gasteiger partial charge in [-0.25, -0.2) is 17.5 Å². The molecule has 2 heterocycles. The Morgan fingerprint density at radius 1 is 1.14 bits per heavy atom. The average molecular weight is 499 g/mol. The van der Waals surface area contributed by atoms with E-state index in [-0.39, 0.29) is 35.8 Å². The van der Waals surface area contributed by atoms with E-state index >= 15 is 0 Å². The Balaban J connectivity index is 1.41. The summed E-state index contributed by atoms with van der Waals surface area (Å²) in [7, 11) is -3.70. The molecule has 0 bridgehead atoms. The average Bonchev–Trinajstić information content (AvgIpc) is 3.56. The summed E-state index contributed by atoms with van der Waals surface area (Å²) in [5.41, 5.74) is 1.37. The molecule has 1 unspecified atom stereocenters. The van der Waals surface area contributed by atoms with E-state index in [0.717, 1.165) is 12.8 Å². The lowest BCUT2D eigenvalue weighted by Crippen LogP contribution is -2.35. The van der Waals surface area contributed by atoms with Gasteiger partial charge in [0.05, 0.1) is 23.8 Å². The molecule has 0 spiro atoms. The molecule has 3 aromatic rings. The quantitative estimate of drug-likeness (QED) is 0.425. The van der Waals surface area contributed by atoms with E-state index in [9.17, 15) is 17.6 Å². The van der Waals surface area contributed by atoms with Crippen LogP contribution in [0.4, 0.5) is 4.39 Å². The zero-order chi connectivity index (χ0) is 24.7. The Bertz CT molecular complexity index is 1250. The van der Waals surface area contributed by atoms with Crippen molar-refractivity contribution in [3.8, 4) is 0 Å². The van der Waals surface area contributed by atoms with E-state index in [2.05, 4.69) is 4.72 Å². The Kier molecular flexibility index (Phi) is 8.12. The van der Waals surface area contributed by atoms with Crippen molar-refractivity contribution in [3.63, 3.8) is 0 Å². The summed E-state index contributed by atoms with van der Waals surface area (Å²) in [5, 5.41) is 0. The molecule has 1 aromatic heterocycles. The Morgan fingerprint density at radius 2 is 1.97 bits per heavy atom. The first-order chi connectivity index (χ1) is 16.9. The van der Waals surface area contributed by atoms with Crippen LogP contribution in [0.3, 0.4) is 0 Å². The van der Waals surface area contributed by atoms with Gasteiger partial charge < -0.3 is 14.1 Å². The number of nitrogens with one attached hydrogen (secondary N) is 1. The number of amides is 1. The van der Waals surface area contributed by atoms with E-state index in [1.54, 1.807) is 47.4 Å². The van der Waals surface area contributed by atoms with Crippen LogP contribution in [0.1, 0.15) is 29.7 Å². The topological polar surface area (TPSA) is 88.8 Å². The zero-order valence-electron chi connectivity index (χ0n) is 19.1. The van der Waals surface area contributed by atoms with Gasteiger partial charge in [0.15, 0.2) is 0 Å². The van der Waals surface area contributed by atoms with Crippen LogP contribution >= 0.6 is 0 Å². The van der Waals surface area contributed by atoms with Crippen molar-refractivity contribution >= 4 is 22.0 Å². The molecule has 9 heteroatoms. The van der Waals surface area contributed by atoms with Gasteiger partial charge in [-0.15, -0.1) is 0 Å². The standard InChI is InChI=1S/C26H27FN2O5S/c27-22-5-1-4-21(16-22)18-29(19-24-7-3-15-34-24)26(30)13-10-20-8-11-25(12-9-20)35(31,32)28-17-23-6-2-14-33-23/h1-2,4-6,8-14,16,24,28H,3,7,15,17-19H2/b13-10+. The van der Waals surface area contributed by atoms with Crippen molar-refractivity contribution in [1.82, 2.24) is 9.62 Å². The van der Waals surface area contributed by atoms with Gasteiger partial charge in [-0.1, -0.05) is 24.3 Å². The first kappa shape index (κ1) is 24.8. The van der Waals surface area contributed by atoms with Crippen molar-refractivity contribution in [1.29, 1.82) is 0 Å². The minimum atomic E-state index is -3.70. The molecule has 0 aliphatic carbocycles. The maximum Gasteiger partial charge on any atom is 0.246 e. The van der Waals surface area contributed by atoms with Gasteiger partial charge in [-0.2, -0.15) is 0 Å². The third-order valence-electron chi connectivity index (χ3n) is 5.65. The van der Waals surface area contributed by atoms with Crippen LogP contribution in [0.2, 0.25) is 0 Å². The molecule has 35 heavy (non-hydrogen) atoms. The van der Waals surface area contributed by atoms with Gasteiger partial charge in [0.25, 0.3) is 0 Å². The first-order valence-electron chi connectivity index (χ1n) is 11.3. The molecule has 1 atom stereocenters. The Morgan fingerprint density at radius 3 is 2.66 bits per heavy atom. The van der Waals surface area contributed by atoms with Crippen LogP contribution in [0, 0.1) is 5.82 Å². The highest BCUT2D eigenvalue weighted by Gasteiger charge is 2.22. The minimum absolute atomic E-state index is 0.0425. The number of ether oxygens (including phenoxy) is 1. The normalized spacial score (nSPS) is 16.1. The molecule has 0 saturated carbocycles. The van der Waals surface area contributed by atoms with E-state index < -0.39 is 10.0 Å². The lowest BCUT2D eigenvalue weighted by atomic mass is 10.1. The number of rotatable bonds is 10. The van der Waals surface area contributed by atoms with Crippen LogP contribution < -0.4 is 4.72 Å². The molecule has 0 radical (unpaired) electrons. The molecule has 1 N–H and O–H groups in total. The maximum atomic E-state index is 13.6. The largest absolute Gasteiger partial charge is 0.468 e. The van der Waals surface area contributed by atoms with Crippen molar-refractivity contribution in [2.24, 2.45) is 0 Å².